The molecule has 0 unspecified atom stereocenters. The predicted octanol–water partition coefficient (Wildman–Crippen LogP) is 3.62. The van der Waals surface area contributed by atoms with Crippen LogP contribution in [0.2, 0.25) is 0 Å². The maximum absolute atomic E-state index is 12.5. The quantitative estimate of drug-likeness (QED) is 0.668. The SMILES string of the molecule is CC(C)c1ccc2c(c1)S(=O)(=O)c1ccccc1-2. The summed E-state index contributed by atoms with van der Waals surface area (Å²) in [6.45, 7) is 4.13. The minimum Gasteiger partial charge on any atom is -0.218 e. The summed E-state index contributed by atoms with van der Waals surface area (Å²) in [4.78, 5) is 0.885. The Morgan fingerprint density at radius 3 is 2.28 bits per heavy atom. The molecule has 0 aromatic heterocycles. The van der Waals surface area contributed by atoms with Crippen LogP contribution in [0, 0.1) is 0 Å². The summed E-state index contributed by atoms with van der Waals surface area (Å²) in [5.74, 6) is 0.328. The van der Waals surface area contributed by atoms with Gasteiger partial charge in [-0.2, -0.15) is 0 Å². The average Bonchev–Trinajstić information content (AvgIpc) is 2.59. The van der Waals surface area contributed by atoms with Gasteiger partial charge in [-0.1, -0.05) is 44.2 Å². The van der Waals surface area contributed by atoms with Crippen LogP contribution in [0.5, 0.6) is 0 Å². The summed E-state index contributed by atoms with van der Waals surface area (Å²) in [5.41, 5.74) is 2.71. The predicted molar refractivity (Wildman–Crippen MR) is 71.4 cm³/mol. The maximum Gasteiger partial charge on any atom is 0.207 e. The Morgan fingerprint density at radius 2 is 1.56 bits per heavy atom. The van der Waals surface area contributed by atoms with Gasteiger partial charge < -0.3 is 0 Å². The summed E-state index contributed by atoms with van der Waals surface area (Å²) < 4.78 is 24.9. The van der Waals surface area contributed by atoms with Crippen molar-refractivity contribution in [3.63, 3.8) is 0 Å². The van der Waals surface area contributed by atoms with Gasteiger partial charge in [0.25, 0.3) is 0 Å². The van der Waals surface area contributed by atoms with Crippen LogP contribution in [0.1, 0.15) is 25.3 Å². The van der Waals surface area contributed by atoms with E-state index >= 15 is 0 Å². The Kier molecular flexibility index (Phi) is 2.35. The summed E-state index contributed by atoms with van der Waals surface area (Å²) >= 11 is 0. The van der Waals surface area contributed by atoms with Crippen molar-refractivity contribution in [3.05, 3.63) is 48.0 Å². The molecule has 1 aliphatic heterocycles. The highest BCUT2D eigenvalue weighted by molar-refractivity contribution is 7.92. The largest absolute Gasteiger partial charge is 0.218 e. The number of hydrogen-bond acceptors (Lipinski definition) is 2. The van der Waals surface area contributed by atoms with Gasteiger partial charge in [0.1, 0.15) is 0 Å². The van der Waals surface area contributed by atoms with E-state index < -0.39 is 9.84 Å². The van der Waals surface area contributed by atoms with Crippen LogP contribution < -0.4 is 0 Å². The lowest BCUT2D eigenvalue weighted by Gasteiger charge is -2.07. The number of hydrogen-bond donors (Lipinski definition) is 0. The van der Waals surface area contributed by atoms with Crippen molar-refractivity contribution in [3.8, 4) is 11.1 Å². The first-order valence-corrected chi connectivity index (χ1v) is 7.48. The molecular formula is C15H14O2S. The molecule has 0 saturated heterocycles. The standard InChI is InChI=1S/C15H14O2S/c1-10(2)11-7-8-13-12-5-3-4-6-14(12)18(16,17)15(13)9-11/h3-10H,1-2H3. The lowest BCUT2D eigenvalue weighted by molar-refractivity contribution is 0.598. The van der Waals surface area contributed by atoms with Gasteiger partial charge in [-0.25, -0.2) is 8.42 Å². The first kappa shape index (κ1) is 11.5. The van der Waals surface area contributed by atoms with Crippen molar-refractivity contribution >= 4 is 9.84 Å². The molecule has 0 fully saturated rings. The molecule has 0 radical (unpaired) electrons. The molecule has 2 nitrogen and oxygen atoms in total. The number of sulfone groups is 1. The molecule has 2 aromatic carbocycles. The first-order valence-electron chi connectivity index (χ1n) is 6.00. The number of rotatable bonds is 1. The van der Waals surface area contributed by atoms with Crippen molar-refractivity contribution in [2.24, 2.45) is 0 Å². The lowest BCUT2D eigenvalue weighted by Crippen LogP contribution is -1.98. The third-order valence-electron chi connectivity index (χ3n) is 3.43. The van der Waals surface area contributed by atoms with Crippen LogP contribution in [-0.2, 0) is 9.84 Å². The summed E-state index contributed by atoms with van der Waals surface area (Å²) in [6.07, 6.45) is 0. The summed E-state index contributed by atoms with van der Waals surface area (Å²) in [6, 6.07) is 12.9. The summed E-state index contributed by atoms with van der Waals surface area (Å²) in [7, 11) is -3.32. The third-order valence-corrected chi connectivity index (χ3v) is 5.28. The molecular weight excluding hydrogens is 244 g/mol. The second-order valence-corrected chi connectivity index (χ2v) is 6.80. The van der Waals surface area contributed by atoms with Gasteiger partial charge in [0.15, 0.2) is 0 Å². The van der Waals surface area contributed by atoms with E-state index in [9.17, 15) is 8.42 Å². The van der Waals surface area contributed by atoms with Gasteiger partial charge >= 0.3 is 0 Å². The zero-order valence-electron chi connectivity index (χ0n) is 10.3. The highest BCUT2D eigenvalue weighted by atomic mass is 32.2. The van der Waals surface area contributed by atoms with Gasteiger partial charge in [0.05, 0.1) is 9.79 Å². The normalized spacial score (nSPS) is 15.5. The van der Waals surface area contributed by atoms with E-state index in [0.717, 1.165) is 16.7 Å². The minimum atomic E-state index is -3.32. The highest BCUT2D eigenvalue weighted by Crippen LogP contribution is 2.43. The van der Waals surface area contributed by atoms with Gasteiger partial charge in [-0.15, -0.1) is 0 Å². The molecule has 18 heavy (non-hydrogen) atoms. The fourth-order valence-corrected chi connectivity index (χ4v) is 4.11. The van der Waals surface area contributed by atoms with E-state index in [2.05, 4.69) is 13.8 Å². The molecule has 92 valence electrons. The Morgan fingerprint density at radius 1 is 0.889 bits per heavy atom. The van der Waals surface area contributed by atoms with E-state index in [0.29, 0.717) is 15.7 Å². The van der Waals surface area contributed by atoms with Crippen LogP contribution >= 0.6 is 0 Å². The number of benzene rings is 2. The average molecular weight is 258 g/mol. The van der Waals surface area contributed by atoms with Crippen LogP contribution in [0.15, 0.2) is 52.3 Å². The maximum atomic E-state index is 12.5. The molecule has 0 aliphatic carbocycles. The highest BCUT2D eigenvalue weighted by Gasteiger charge is 2.32. The van der Waals surface area contributed by atoms with E-state index in [1.807, 2.05) is 30.3 Å². The third kappa shape index (κ3) is 1.44. The Bertz CT molecular complexity index is 728. The fraction of sp³-hybridized carbons (Fsp3) is 0.200. The molecule has 1 heterocycles. The Balaban J connectivity index is 2.35. The zero-order valence-corrected chi connectivity index (χ0v) is 11.2. The van der Waals surface area contributed by atoms with Crippen molar-refractivity contribution in [2.45, 2.75) is 29.6 Å². The van der Waals surface area contributed by atoms with Crippen LogP contribution in [0.25, 0.3) is 11.1 Å². The monoisotopic (exact) mass is 258 g/mol. The lowest BCUT2D eigenvalue weighted by atomic mass is 9.99. The molecule has 3 rings (SSSR count). The van der Waals surface area contributed by atoms with Crippen molar-refractivity contribution in [2.75, 3.05) is 0 Å². The van der Waals surface area contributed by atoms with Gasteiger partial charge in [-0.3, -0.25) is 0 Å². The van der Waals surface area contributed by atoms with E-state index in [1.54, 1.807) is 12.1 Å². The van der Waals surface area contributed by atoms with Crippen molar-refractivity contribution < 1.29 is 8.42 Å². The van der Waals surface area contributed by atoms with Gasteiger partial charge in [0, 0.05) is 11.1 Å². The molecule has 0 amide bonds. The molecule has 2 aromatic rings. The Labute approximate surface area is 107 Å². The Hall–Kier alpha value is -1.61. The molecule has 0 saturated carbocycles. The second-order valence-electron chi connectivity index (χ2n) is 4.91. The molecule has 0 atom stereocenters. The first-order chi connectivity index (χ1) is 8.51. The fourth-order valence-electron chi connectivity index (χ4n) is 2.38. The van der Waals surface area contributed by atoms with E-state index in [1.165, 1.54) is 0 Å². The van der Waals surface area contributed by atoms with E-state index in [4.69, 9.17) is 0 Å². The van der Waals surface area contributed by atoms with Crippen LogP contribution in [0.4, 0.5) is 0 Å². The van der Waals surface area contributed by atoms with Crippen molar-refractivity contribution in [1.29, 1.82) is 0 Å². The molecule has 0 N–H and O–H groups in total. The van der Waals surface area contributed by atoms with E-state index in [-0.39, 0.29) is 0 Å². The molecule has 0 spiro atoms. The molecule has 3 heteroatoms. The van der Waals surface area contributed by atoms with Crippen LogP contribution in [0.3, 0.4) is 0 Å². The molecule has 0 bridgehead atoms. The van der Waals surface area contributed by atoms with Crippen LogP contribution in [-0.4, -0.2) is 8.42 Å². The number of fused-ring (bicyclic) bond motifs is 3. The van der Waals surface area contributed by atoms with Crippen molar-refractivity contribution in [1.82, 2.24) is 0 Å². The van der Waals surface area contributed by atoms with Gasteiger partial charge in [0.2, 0.25) is 9.84 Å². The summed E-state index contributed by atoms with van der Waals surface area (Å²) in [5, 5.41) is 0. The van der Waals surface area contributed by atoms with Gasteiger partial charge in [-0.05, 0) is 23.6 Å². The molecule has 1 aliphatic rings. The smallest absolute Gasteiger partial charge is 0.207 e. The zero-order chi connectivity index (χ0) is 12.9. The second kappa shape index (κ2) is 3.69. The topological polar surface area (TPSA) is 34.1 Å². The minimum absolute atomic E-state index is 0.328.